The Labute approximate surface area is 167 Å². The van der Waals surface area contributed by atoms with Gasteiger partial charge >= 0.3 is 6.18 Å². The predicted molar refractivity (Wildman–Crippen MR) is 94.0 cm³/mol. The third kappa shape index (κ3) is 4.49. The second-order valence-electron chi connectivity index (χ2n) is 5.80. The molecular formula is C17H11ClF3N7O. The Morgan fingerprint density at radius 2 is 2.07 bits per heavy atom. The Hall–Kier alpha value is -3.52. The number of halogens is 4. The lowest BCUT2D eigenvalue weighted by Gasteiger charge is -2.15. The van der Waals surface area contributed by atoms with Crippen molar-refractivity contribution < 1.29 is 18.0 Å². The number of alkyl halides is 3. The van der Waals surface area contributed by atoms with E-state index in [0.29, 0.717) is 17.4 Å². The summed E-state index contributed by atoms with van der Waals surface area (Å²) in [6.45, 7) is 1.58. The summed E-state index contributed by atoms with van der Waals surface area (Å²) in [4.78, 5) is 23.8. The summed E-state index contributed by atoms with van der Waals surface area (Å²) in [5.41, 5.74) is -1.22. The van der Waals surface area contributed by atoms with Crippen molar-refractivity contribution in [2.24, 2.45) is 0 Å². The van der Waals surface area contributed by atoms with Crippen molar-refractivity contribution in [1.29, 1.82) is 5.26 Å². The Kier molecular flexibility index (Phi) is 5.47. The first-order valence-electron chi connectivity index (χ1n) is 8.01. The molecule has 3 heterocycles. The van der Waals surface area contributed by atoms with Crippen LogP contribution in [0.5, 0.6) is 0 Å². The molecule has 0 bridgehead atoms. The number of hydrogen-bond acceptors (Lipinski definition) is 6. The number of carbonyl (C=O) groups is 1. The Morgan fingerprint density at radius 1 is 1.31 bits per heavy atom. The molecule has 0 fully saturated rings. The highest BCUT2D eigenvalue weighted by atomic mass is 35.5. The fraction of sp³-hybridized carbons (Fsp3) is 0.176. The van der Waals surface area contributed by atoms with Crippen molar-refractivity contribution >= 4 is 17.5 Å². The number of aromatic nitrogens is 5. The third-order valence-electron chi connectivity index (χ3n) is 3.75. The van der Waals surface area contributed by atoms with E-state index in [0.717, 1.165) is 6.07 Å². The van der Waals surface area contributed by atoms with E-state index in [-0.39, 0.29) is 11.4 Å². The van der Waals surface area contributed by atoms with Crippen LogP contribution in [0.2, 0.25) is 5.15 Å². The minimum absolute atomic E-state index is 0.284. The van der Waals surface area contributed by atoms with Crippen LogP contribution in [-0.2, 0) is 6.18 Å². The van der Waals surface area contributed by atoms with E-state index >= 15 is 0 Å². The molecule has 8 nitrogen and oxygen atoms in total. The quantitative estimate of drug-likeness (QED) is 0.648. The lowest BCUT2D eigenvalue weighted by Crippen LogP contribution is -2.29. The van der Waals surface area contributed by atoms with Crippen LogP contribution in [0.15, 0.2) is 36.8 Å². The maximum Gasteiger partial charge on any atom is 0.433 e. The molecule has 0 radical (unpaired) electrons. The fourth-order valence-corrected chi connectivity index (χ4v) is 2.63. The smallest absolute Gasteiger partial charge is 0.342 e. The summed E-state index contributed by atoms with van der Waals surface area (Å²) in [5, 5.41) is 15.0. The predicted octanol–water partition coefficient (Wildman–Crippen LogP) is 3.09. The van der Waals surface area contributed by atoms with Crippen LogP contribution in [0.25, 0.3) is 5.82 Å². The van der Waals surface area contributed by atoms with Gasteiger partial charge in [-0.3, -0.25) is 4.79 Å². The summed E-state index contributed by atoms with van der Waals surface area (Å²) in [5.74, 6) is -0.162. The number of hydrogen-bond donors (Lipinski definition) is 1. The van der Waals surface area contributed by atoms with Crippen molar-refractivity contribution in [3.8, 4) is 11.9 Å². The number of rotatable bonds is 4. The van der Waals surface area contributed by atoms with Crippen LogP contribution in [0.3, 0.4) is 0 Å². The molecule has 148 valence electrons. The second kappa shape index (κ2) is 7.84. The average Bonchev–Trinajstić information content (AvgIpc) is 3.17. The molecule has 3 aromatic heterocycles. The lowest BCUT2D eigenvalue weighted by atomic mass is 10.2. The summed E-state index contributed by atoms with van der Waals surface area (Å²) in [6.07, 6.45) is -2.16. The van der Waals surface area contributed by atoms with Gasteiger partial charge in [-0.25, -0.2) is 15.0 Å². The van der Waals surface area contributed by atoms with Gasteiger partial charge in [0, 0.05) is 11.8 Å². The van der Waals surface area contributed by atoms with Gasteiger partial charge in [0.05, 0.1) is 11.6 Å². The van der Waals surface area contributed by atoms with E-state index in [2.05, 4.69) is 25.4 Å². The molecule has 1 atom stereocenters. The minimum Gasteiger partial charge on any atom is -0.342 e. The zero-order valence-electron chi connectivity index (χ0n) is 14.6. The third-order valence-corrected chi connectivity index (χ3v) is 3.94. The van der Waals surface area contributed by atoms with E-state index in [9.17, 15) is 18.0 Å². The monoisotopic (exact) mass is 421 g/mol. The largest absolute Gasteiger partial charge is 0.433 e. The molecule has 0 aliphatic rings. The molecular weight excluding hydrogens is 411 g/mol. The first kappa shape index (κ1) is 20.2. The number of pyridine rings is 2. The zero-order chi connectivity index (χ0) is 21.2. The molecule has 0 spiro atoms. The van der Waals surface area contributed by atoms with Gasteiger partial charge in [-0.2, -0.15) is 28.2 Å². The van der Waals surface area contributed by atoms with Crippen molar-refractivity contribution in [3.63, 3.8) is 0 Å². The van der Waals surface area contributed by atoms with Gasteiger partial charge in [-0.15, -0.1) is 0 Å². The number of nitrogens with one attached hydrogen (secondary N) is 1. The van der Waals surface area contributed by atoms with Gasteiger partial charge in [-0.1, -0.05) is 11.6 Å². The van der Waals surface area contributed by atoms with Crippen molar-refractivity contribution in [2.75, 3.05) is 0 Å². The number of nitrogens with zero attached hydrogens (tertiary/aromatic N) is 6. The molecule has 3 aromatic rings. The van der Waals surface area contributed by atoms with Gasteiger partial charge in [0.1, 0.15) is 23.2 Å². The summed E-state index contributed by atoms with van der Waals surface area (Å²) in [6, 6.07) is 5.93. The van der Waals surface area contributed by atoms with Crippen LogP contribution < -0.4 is 5.32 Å². The molecule has 1 N–H and O–H groups in total. The van der Waals surface area contributed by atoms with Crippen molar-refractivity contribution in [3.05, 3.63) is 64.6 Å². The SMILES string of the molecule is C[C@H](NC(=O)c1cc(Cl)nc(C(F)(F)F)c1)c1ncnn1-c1ccc(C#N)cn1. The zero-order valence-corrected chi connectivity index (χ0v) is 15.4. The Bertz CT molecular complexity index is 1090. The highest BCUT2D eigenvalue weighted by Crippen LogP contribution is 2.29. The highest BCUT2D eigenvalue weighted by Gasteiger charge is 2.34. The van der Waals surface area contributed by atoms with E-state index in [1.165, 1.54) is 23.3 Å². The van der Waals surface area contributed by atoms with Crippen LogP contribution in [-0.4, -0.2) is 30.6 Å². The number of amides is 1. The topological polar surface area (TPSA) is 109 Å². The molecule has 12 heteroatoms. The molecule has 29 heavy (non-hydrogen) atoms. The lowest BCUT2D eigenvalue weighted by molar-refractivity contribution is -0.141. The van der Waals surface area contributed by atoms with Gasteiger partial charge in [-0.05, 0) is 31.2 Å². The summed E-state index contributed by atoms with van der Waals surface area (Å²) < 4.78 is 40.0. The normalized spacial score (nSPS) is 12.3. The van der Waals surface area contributed by atoms with E-state index in [1.54, 1.807) is 13.0 Å². The molecule has 0 aromatic carbocycles. The van der Waals surface area contributed by atoms with Gasteiger partial charge in [0.25, 0.3) is 5.91 Å². The van der Waals surface area contributed by atoms with Crippen LogP contribution in [0.4, 0.5) is 13.2 Å². The maximum absolute atomic E-state index is 12.9. The molecule has 0 aliphatic carbocycles. The van der Waals surface area contributed by atoms with E-state index < -0.39 is 29.0 Å². The van der Waals surface area contributed by atoms with Gasteiger partial charge in [0.15, 0.2) is 11.6 Å². The van der Waals surface area contributed by atoms with Gasteiger partial charge < -0.3 is 5.32 Å². The van der Waals surface area contributed by atoms with Gasteiger partial charge in [0.2, 0.25) is 0 Å². The second-order valence-corrected chi connectivity index (χ2v) is 6.19. The van der Waals surface area contributed by atoms with Crippen molar-refractivity contribution in [2.45, 2.75) is 19.1 Å². The van der Waals surface area contributed by atoms with Crippen LogP contribution >= 0.6 is 11.6 Å². The highest BCUT2D eigenvalue weighted by molar-refractivity contribution is 6.29. The number of nitriles is 1. The molecule has 0 aliphatic heterocycles. The molecule has 3 rings (SSSR count). The van der Waals surface area contributed by atoms with Crippen molar-refractivity contribution in [1.82, 2.24) is 30.0 Å². The Balaban J connectivity index is 1.84. The number of carbonyl (C=O) groups excluding carboxylic acids is 1. The molecule has 1 amide bonds. The molecule has 0 saturated carbocycles. The first-order valence-corrected chi connectivity index (χ1v) is 8.39. The molecule has 0 unspecified atom stereocenters. The minimum atomic E-state index is -4.74. The first-order chi connectivity index (χ1) is 13.7. The van der Waals surface area contributed by atoms with E-state index in [4.69, 9.17) is 16.9 Å². The maximum atomic E-state index is 12.9. The summed E-state index contributed by atoms with van der Waals surface area (Å²) in [7, 11) is 0. The van der Waals surface area contributed by atoms with Crippen LogP contribution in [0.1, 0.15) is 40.4 Å². The summed E-state index contributed by atoms with van der Waals surface area (Å²) >= 11 is 5.62. The van der Waals surface area contributed by atoms with E-state index in [1.807, 2.05) is 6.07 Å². The van der Waals surface area contributed by atoms with Crippen LogP contribution in [0, 0.1) is 11.3 Å². The Morgan fingerprint density at radius 3 is 2.69 bits per heavy atom. The standard InChI is InChI=1S/C17H11ClF3N7O/c1-9(15-24-8-25-28(15)14-3-2-10(6-22)7-23-14)26-16(29)11-4-12(17(19,20)21)27-13(18)5-11/h2-5,7-9H,1H3,(H,26,29)/t9-/m0/s1. The average molecular weight is 422 g/mol. The fourth-order valence-electron chi connectivity index (χ4n) is 2.42. The molecule has 0 saturated heterocycles.